The molecule has 0 aliphatic carbocycles. The molecule has 5 nitrogen and oxygen atoms in total. The van der Waals surface area contributed by atoms with Gasteiger partial charge in [0, 0.05) is 26.2 Å². The van der Waals surface area contributed by atoms with Crippen LogP contribution in [0.4, 0.5) is 0 Å². The molecule has 88 valence electrons. The lowest BCUT2D eigenvalue weighted by Crippen LogP contribution is -2.63. The van der Waals surface area contributed by atoms with E-state index in [2.05, 4.69) is 17.4 Å². The van der Waals surface area contributed by atoms with Crippen molar-refractivity contribution in [2.24, 2.45) is 5.73 Å². The average Bonchev–Trinajstić information content (AvgIpc) is 2.62. The fourth-order valence-electron chi connectivity index (χ4n) is 2.23. The number of morpholine rings is 1. The van der Waals surface area contributed by atoms with Crippen molar-refractivity contribution in [3.8, 4) is 0 Å². The first-order valence-corrected chi connectivity index (χ1v) is 5.69. The zero-order valence-electron chi connectivity index (χ0n) is 9.37. The van der Waals surface area contributed by atoms with E-state index in [1.165, 1.54) is 0 Å². The minimum absolute atomic E-state index is 0.0721. The molecule has 15 heavy (non-hydrogen) atoms. The first kappa shape index (κ1) is 11.3. The SMILES string of the molecule is CC1OCCC1(CN)NN1CCOCC1. The second kappa shape index (κ2) is 4.76. The van der Waals surface area contributed by atoms with E-state index in [1.54, 1.807) is 0 Å². The van der Waals surface area contributed by atoms with Gasteiger partial charge in [0.05, 0.1) is 24.9 Å². The van der Waals surface area contributed by atoms with E-state index >= 15 is 0 Å². The number of hydrazine groups is 1. The van der Waals surface area contributed by atoms with Crippen molar-refractivity contribution in [2.75, 3.05) is 39.5 Å². The third kappa shape index (κ3) is 2.32. The largest absolute Gasteiger partial charge is 0.379 e. The Kier molecular flexibility index (Phi) is 3.58. The summed E-state index contributed by atoms with van der Waals surface area (Å²) < 4.78 is 10.9. The molecule has 2 fully saturated rings. The second-order valence-corrected chi connectivity index (χ2v) is 4.33. The summed E-state index contributed by atoms with van der Waals surface area (Å²) in [5.41, 5.74) is 9.34. The van der Waals surface area contributed by atoms with E-state index in [4.69, 9.17) is 15.2 Å². The summed E-state index contributed by atoms with van der Waals surface area (Å²) in [6.07, 6.45) is 1.17. The van der Waals surface area contributed by atoms with Crippen LogP contribution >= 0.6 is 0 Å². The molecule has 0 aromatic rings. The Morgan fingerprint density at radius 2 is 2.13 bits per heavy atom. The first-order chi connectivity index (χ1) is 7.27. The molecular formula is C10H21N3O2. The van der Waals surface area contributed by atoms with Gasteiger partial charge in [-0.3, -0.25) is 0 Å². The Hall–Kier alpha value is -0.200. The molecule has 5 heteroatoms. The van der Waals surface area contributed by atoms with Gasteiger partial charge in [0.25, 0.3) is 0 Å². The molecule has 0 saturated carbocycles. The predicted molar refractivity (Wildman–Crippen MR) is 57.3 cm³/mol. The number of rotatable bonds is 3. The minimum Gasteiger partial charge on any atom is -0.379 e. The van der Waals surface area contributed by atoms with Gasteiger partial charge in [0.15, 0.2) is 0 Å². The molecule has 0 spiro atoms. The van der Waals surface area contributed by atoms with E-state index in [1.807, 2.05) is 0 Å². The van der Waals surface area contributed by atoms with Crippen LogP contribution in [0.2, 0.25) is 0 Å². The van der Waals surface area contributed by atoms with Gasteiger partial charge < -0.3 is 15.2 Å². The highest BCUT2D eigenvalue weighted by Crippen LogP contribution is 2.25. The lowest BCUT2D eigenvalue weighted by Gasteiger charge is -2.39. The standard InChI is InChI=1S/C10H21N3O2/c1-9-10(8-11,2-5-15-9)12-13-3-6-14-7-4-13/h9,12H,2-8,11H2,1H3. The van der Waals surface area contributed by atoms with Gasteiger partial charge in [0.1, 0.15) is 0 Å². The molecule has 0 amide bonds. The van der Waals surface area contributed by atoms with Crippen LogP contribution in [0.3, 0.4) is 0 Å². The molecule has 0 aromatic heterocycles. The molecule has 2 heterocycles. The van der Waals surface area contributed by atoms with Gasteiger partial charge in [-0.1, -0.05) is 0 Å². The highest BCUT2D eigenvalue weighted by atomic mass is 16.5. The maximum absolute atomic E-state index is 5.88. The van der Waals surface area contributed by atoms with Gasteiger partial charge in [0.2, 0.25) is 0 Å². The predicted octanol–water partition coefficient (Wildman–Crippen LogP) is -0.670. The highest BCUT2D eigenvalue weighted by molar-refractivity contribution is 4.97. The smallest absolute Gasteiger partial charge is 0.0754 e. The van der Waals surface area contributed by atoms with Crippen molar-refractivity contribution in [3.63, 3.8) is 0 Å². The Bertz CT molecular complexity index is 209. The molecule has 2 rings (SSSR count). The normalized spacial score (nSPS) is 38.4. The van der Waals surface area contributed by atoms with Gasteiger partial charge >= 0.3 is 0 Å². The Morgan fingerprint density at radius 3 is 2.67 bits per heavy atom. The summed E-state index contributed by atoms with van der Waals surface area (Å²) in [5.74, 6) is 0. The summed E-state index contributed by atoms with van der Waals surface area (Å²) in [6.45, 7) is 6.95. The van der Waals surface area contributed by atoms with Crippen molar-refractivity contribution in [1.29, 1.82) is 0 Å². The molecule has 2 atom stereocenters. The molecule has 2 aliphatic rings. The summed E-state index contributed by atoms with van der Waals surface area (Å²) in [5, 5.41) is 2.21. The van der Waals surface area contributed by atoms with Gasteiger partial charge in [-0.2, -0.15) is 0 Å². The lowest BCUT2D eigenvalue weighted by atomic mass is 9.93. The van der Waals surface area contributed by atoms with Crippen LogP contribution in [0.15, 0.2) is 0 Å². The van der Waals surface area contributed by atoms with Crippen LogP contribution in [0.1, 0.15) is 13.3 Å². The minimum atomic E-state index is -0.0721. The van der Waals surface area contributed by atoms with E-state index in [0.717, 1.165) is 39.3 Å². The maximum Gasteiger partial charge on any atom is 0.0754 e. The van der Waals surface area contributed by atoms with Crippen molar-refractivity contribution < 1.29 is 9.47 Å². The number of nitrogens with zero attached hydrogens (tertiary/aromatic N) is 1. The van der Waals surface area contributed by atoms with Crippen LogP contribution in [0.25, 0.3) is 0 Å². The van der Waals surface area contributed by atoms with Crippen molar-refractivity contribution >= 4 is 0 Å². The lowest BCUT2D eigenvalue weighted by molar-refractivity contribution is -0.0261. The molecule has 0 aromatic carbocycles. The molecular weight excluding hydrogens is 194 g/mol. The van der Waals surface area contributed by atoms with Crippen molar-refractivity contribution in [3.05, 3.63) is 0 Å². The quantitative estimate of drug-likeness (QED) is 0.654. The van der Waals surface area contributed by atoms with Crippen molar-refractivity contribution in [1.82, 2.24) is 10.4 Å². The number of hydrogen-bond donors (Lipinski definition) is 2. The molecule has 0 radical (unpaired) electrons. The number of ether oxygens (including phenoxy) is 2. The average molecular weight is 215 g/mol. The zero-order chi connectivity index (χ0) is 10.7. The van der Waals surface area contributed by atoms with Crippen LogP contribution < -0.4 is 11.2 Å². The summed E-state index contributed by atoms with van der Waals surface area (Å²) in [6, 6.07) is 0. The Balaban J connectivity index is 1.94. The van der Waals surface area contributed by atoms with Crippen LogP contribution in [-0.4, -0.2) is 56.1 Å². The Labute approximate surface area is 90.9 Å². The molecule has 0 bridgehead atoms. The van der Waals surface area contributed by atoms with E-state index in [9.17, 15) is 0 Å². The number of hydrogen-bond acceptors (Lipinski definition) is 5. The van der Waals surface area contributed by atoms with E-state index in [-0.39, 0.29) is 11.6 Å². The van der Waals surface area contributed by atoms with Crippen molar-refractivity contribution in [2.45, 2.75) is 25.0 Å². The molecule has 2 unspecified atom stereocenters. The van der Waals surface area contributed by atoms with E-state index < -0.39 is 0 Å². The van der Waals surface area contributed by atoms with Gasteiger partial charge in [-0.15, -0.1) is 0 Å². The summed E-state index contributed by atoms with van der Waals surface area (Å²) >= 11 is 0. The Morgan fingerprint density at radius 1 is 1.40 bits per heavy atom. The fourth-order valence-corrected chi connectivity index (χ4v) is 2.23. The summed E-state index contributed by atoms with van der Waals surface area (Å²) in [7, 11) is 0. The third-order valence-corrected chi connectivity index (χ3v) is 3.45. The summed E-state index contributed by atoms with van der Waals surface area (Å²) in [4.78, 5) is 0. The van der Waals surface area contributed by atoms with Crippen LogP contribution in [0.5, 0.6) is 0 Å². The van der Waals surface area contributed by atoms with Gasteiger partial charge in [-0.25, -0.2) is 10.4 Å². The molecule has 2 aliphatic heterocycles. The molecule has 2 saturated heterocycles. The number of nitrogens with two attached hydrogens (primary N) is 1. The second-order valence-electron chi connectivity index (χ2n) is 4.33. The van der Waals surface area contributed by atoms with Crippen LogP contribution in [-0.2, 0) is 9.47 Å². The first-order valence-electron chi connectivity index (χ1n) is 5.69. The van der Waals surface area contributed by atoms with Crippen LogP contribution in [0, 0.1) is 0 Å². The maximum atomic E-state index is 5.88. The molecule has 3 N–H and O–H groups in total. The fraction of sp³-hybridized carbons (Fsp3) is 1.00. The monoisotopic (exact) mass is 215 g/mol. The number of nitrogens with one attached hydrogen (secondary N) is 1. The zero-order valence-corrected chi connectivity index (χ0v) is 9.37. The highest BCUT2D eigenvalue weighted by Gasteiger charge is 2.41. The van der Waals surface area contributed by atoms with Gasteiger partial charge in [-0.05, 0) is 13.3 Å². The topological polar surface area (TPSA) is 59.8 Å². The van der Waals surface area contributed by atoms with E-state index in [0.29, 0.717) is 6.54 Å². The third-order valence-electron chi connectivity index (χ3n) is 3.45.